The molecular formula is C17H24N4O4S. The maximum Gasteiger partial charge on any atom is 0.251 e. The van der Waals surface area contributed by atoms with E-state index in [1.807, 2.05) is 14.0 Å². The summed E-state index contributed by atoms with van der Waals surface area (Å²) in [5, 5.41) is 16.4. The molecule has 9 heteroatoms. The lowest BCUT2D eigenvalue weighted by Crippen LogP contribution is -2.32. The lowest BCUT2D eigenvalue weighted by Gasteiger charge is -2.11. The molecule has 0 radical (unpaired) electrons. The highest BCUT2D eigenvalue weighted by molar-refractivity contribution is 7.89. The number of rotatable bonds is 8. The van der Waals surface area contributed by atoms with Gasteiger partial charge in [-0.3, -0.25) is 9.48 Å². The summed E-state index contributed by atoms with van der Waals surface area (Å²) in [6.07, 6.45) is 1.37. The second kappa shape index (κ2) is 8.43. The Morgan fingerprint density at radius 2 is 2.12 bits per heavy atom. The predicted octanol–water partition coefficient (Wildman–Crippen LogP) is 0.708. The van der Waals surface area contributed by atoms with Crippen molar-refractivity contribution in [2.24, 2.45) is 7.05 Å². The molecule has 2 aromatic rings. The zero-order chi connectivity index (χ0) is 19.3. The summed E-state index contributed by atoms with van der Waals surface area (Å²) in [6, 6.07) is 5.77. The number of carbonyl (C=O) groups excluding carboxylic acids is 1. The number of hydrogen-bond donors (Lipinski definition) is 3. The summed E-state index contributed by atoms with van der Waals surface area (Å²) in [5.41, 5.74) is 2.07. The number of hydrogen-bond acceptors (Lipinski definition) is 5. The van der Waals surface area contributed by atoms with Crippen molar-refractivity contribution >= 4 is 15.9 Å². The highest BCUT2D eigenvalue weighted by Gasteiger charge is 2.17. The van der Waals surface area contributed by atoms with E-state index in [0.29, 0.717) is 13.0 Å². The summed E-state index contributed by atoms with van der Waals surface area (Å²) in [7, 11) is -1.98. The summed E-state index contributed by atoms with van der Waals surface area (Å²) in [5.74, 6) is -0.376. The van der Waals surface area contributed by atoms with Gasteiger partial charge in [0.15, 0.2) is 0 Å². The fourth-order valence-corrected chi connectivity index (χ4v) is 3.35. The van der Waals surface area contributed by atoms with E-state index in [-0.39, 0.29) is 22.9 Å². The molecule has 1 heterocycles. The number of aryl methyl sites for hydroxylation is 1. The van der Waals surface area contributed by atoms with Crippen LogP contribution in [0.5, 0.6) is 0 Å². The van der Waals surface area contributed by atoms with Crippen LogP contribution in [-0.2, 0) is 23.6 Å². The number of carbonyl (C=O) groups is 1. The maximum atomic E-state index is 12.3. The van der Waals surface area contributed by atoms with E-state index in [4.69, 9.17) is 0 Å². The first kappa shape index (κ1) is 20.1. The molecule has 1 amide bonds. The third kappa shape index (κ3) is 4.90. The minimum atomic E-state index is -3.80. The average Bonchev–Trinajstić information content (AvgIpc) is 2.96. The van der Waals surface area contributed by atoms with E-state index in [1.165, 1.54) is 18.2 Å². The second-order valence-corrected chi connectivity index (χ2v) is 7.77. The summed E-state index contributed by atoms with van der Waals surface area (Å²) >= 11 is 0. The van der Waals surface area contributed by atoms with Crippen LogP contribution in [0.3, 0.4) is 0 Å². The van der Waals surface area contributed by atoms with Gasteiger partial charge in [-0.15, -0.1) is 0 Å². The normalized spacial score (nSPS) is 12.8. The Labute approximate surface area is 153 Å². The van der Waals surface area contributed by atoms with Gasteiger partial charge in [0, 0.05) is 37.0 Å². The quantitative estimate of drug-likeness (QED) is 0.624. The minimum absolute atomic E-state index is 0.0222. The van der Waals surface area contributed by atoms with Gasteiger partial charge in [-0.25, -0.2) is 13.1 Å². The largest absolute Gasteiger partial charge is 0.392 e. The first-order chi connectivity index (χ1) is 12.2. The lowest BCUT2D eigenvalue weighted by molar-refractivity contribution is 0.0950. The zero-order valence-corrected chi connectivity index (χ0v) is 15.9. The second-order valence-electron chi connectivity index (χ2n) is 6.00. The first-order valence-electron chi connectivity index (χ1n) is 8.28. The van der Waals surface area contributed by atoms with E-state index in [9.17, 15) is 18.3 Å². The number of aromatic nitrogens is 2. The molecule has 1 atom stereocenters. The Morgan fingerprint density at radius 1 is 1.38 bits per heavy atom. The topological polar surface area (TPSA) is 113 Å². The van der Waals surface area contributed by atoms with Crippen molar-refractivity contribution in [2.75, 3.05) is 6.54 Å². The van der Waals surface area contributed by atoms with E-state index in [2.05, 4.69) is 15.1 Å². The zero-order valence-electron chi connectivity index (χ0n) is 15.1. The fourth-order valence-electron chi connectivity index (χ4n) is 2.23. The van der Waals surface area contributed by atoms with Crippen molar-refractivity contribution in [1.82, 2.24) is 19.8 Å². The first-order valence-corrected chi connectivity index (χ1v) is 9.76. The molecule has 1 aromatic heterocycles. The van der Waals surface area contributed by atoms with Gasteiger partial charge < -0.3 is 10.4 Å². The Bertz CT molecular complexity index is 877. The fraction of sp³-hybridized carbons (Fsp3) is 0.412. The smallest absolute Gasteiger partial charge is 0.251 e. The summed E-state index contributed by atoms with van der Waals surface area (Å²) in [4.78, 5) is 12.3. The molecule has 3 N–H and O–H groups in total. The molecule has 1 aromatic carbocycles. The Kier molecular flexibility index (Phi) is 6.52. The van der Waals surface area contributed by atoms with E-state index >= 15 is 0 Å². The molecule has 0 aliphatic heterocycles. The number of sulfonamides is 1. The highest BCUT2D eigenvalue weighted by atomic mass is 32.2. The Morgan fingerprint density at radius 3 is 2.73 bits per heavy atom. The lowest BCUT2D eigenvalue weighted by atomic mass is 10.2. The van der Waals surface area contributed by atoms with Gasteiger partial charge in [0.25, 0.3) is 5.91 Å². The number of aliphatic hydroxyl groups excluding tert-OH is 1. The van der Waals surface area contributed by atoms with Gasteiger partial charge in [-0.1, -0.05) is 13.0 Å². The van der Waals surface area contributed by atoms with E-state index < -0.39 is 16.1 Å². The molecule has 8 nitrogen and oxygen atoms in total. The third-order valence-electron chi connectivity index (χ3n) is 4.16. The Hall–Kier alpha value is -2.23. The predicted molar refractivity (Wildman–Crippen MR) is 97.0 cm³/mol. The van der Waals surface area contributed by atoms with Crippen LogP contribution in [0.4, 0.5) is 0 Å². The number of aliphatic hydroxyl groups is 1. The van der Waals surface area contributed by atoms with Gasteiger partial charge in [-0.2, -0.15) is 5.10 Å². The van der Waals surface area contributed by atoms with Crippen LogP contribution < -0.4 is 10.0 Å². The maximum absolute atomic E-state index is 12.3. The molecular weight excluding hydrogens is 356 g/mol. The van der Waals surface area contributed by atoms with Gasteiger partial charge in [0.2, 0.25) is 10.0 Å². The van der Waals surface area contributed by atoms with Gasteiger partial charge in [0.1, 0.15) is 0 Å². The van der Waals surface area contributed by atoms with Crippen molar-refractivity contribution in [3.05, 3.63) is 47.3 Å². The molecule has 2 rings (SSSR count). The van der Waals surface area contributed by atoms with Gasteiger partial charge in [0.05, 0.1) is 17.2 Å². The van der Waals surface area contributed by atoms with Crippen LogP contribution in [0.15, 0.2) is 35.4 Å². The third-order valence-corrected chi connectivity index (χ3v) is 5.58. The monoisotopic (exact) mass is 380 g/mol. The average molecular weight is 380 g/mol. The van der Waals surface area contributed by atoms with Crippen LogP contribution >= 0.6 is 0 Å². The molecule has 0 aliphatic rings. The van der Waals surface area contributed by atoms with Crippen LogP contribution in [0.1, 0.15) is 35.0 Å². The molecule has 0 bridgehead atoms. The molecule has 1 unspecified atom stereocenters. The van der Waals surface area contributed by atoms with E-state index in [1.54, 1.807) is 23.9 Å². The molecule has 142 valence electrons. The summed E-state index contributed by atoms with van der Waals surface area (Å²) < 4.78 is 28.6. The number of amides is 1. The van der Waals surface area contributed by atoms with Crippen molar-refractivity contribution in [3.8, 4) is 0 Å². The minimum Gasteiger partial charge on any atom is -0.392 e. The van der Waals surface area contributed by atoms with Gasteiger partial charge in [-0.05, 0) is 31.5 Å². The Balaban J connectivity index is 2.07. The number of benzene rings is 1. The van der Waals surface area contributed by atoms with Crippen molar-refractivity contribution in [3.63, 3.8) is 0 Å². The van der Waals surface area contributed by atoms with Crippen LogP contribution in [0.25, 0.3) is 0 Å². The standard InChI is InChI=1S/C17H24N4O4S/c1-4-15(22)11-20-26(24,25)16-7-5-6-13(8-16)17(23)18-9-14-10-19-21(3)12(14)2/h5-8,10,15,20,22H,4,9,11H2,1-3H3,(H,18,23). The van der Waals surface area contributed by atoms with Gasteiger partial charge >= 0.3 is 0 Å². The van der Waals surface area contributed by atoms with Crippen LogP contribution in [0.2, 0.25) is 0 Å². The van der Waals surface area contributed by atoms with Crippen LogP contribution in [0, 0.1) is 6.92 Å². The molecule has 0 spiro atoms. The molecule has 0 fully saturated rings. The summed E-state index contributed by atoms with van der Waals surface area (Å²) in [6.45, 7) is 3.89. The SMILES string of the molecule is CCC(O)CNS(=O)(=O)c1cccc(C(=O)NCc2cnn(C)c2C)c1. The van der Waals surface area contributed by atoms with Crippen LogP contribution in [-0.4, -0.2) is 41.9 Å². The molecule has 0 aliphatic carbocycles. The van der Waals surface area contributed by atoms with Crippen molar-refractivity contribution in [2.45, 2.75) is 37.8 Å². The van der Waals surface area contributed by atoms with Crippen molar-refractivity contribution in [1.29, 1.82) is 0 Å². The van der Waals surface area contributed by atoms with E-state index in [0.717, 1.165) is 11.3 Å². The highest BCUT2D eigenvalue weighted by Crippen LogP contribution is 2.12. The molecule has 26 heavy (non-hydrogen) atoms. The number of nitrogens with zero attached hydrogens (tertiary/aromatic N) is 2. The molecule has 0 saturated heterocycles. The number of nitrogens with one attached hydrogen (secondary N) is 2. The molecule has 0 saturated carbocycles. The van der Waals surface area contributed by atoms with Crippen molar-refractivity contribution < 1.29 is 18.3 Å².